The fourth-order valence-corrected chi connectivity index (χ4v) is 11.0. The Bertz CT molecular complexity index is 3760. The van der Waals surface area contributed by atoms with Crippen LogP contribution in [-0.2, 0) is 0 Å². The Hall–Kier alpha value is -8.51. The molecule has 11 aromatic rings. The molecule has 1 atom stereocenters. The van der Waals surface area contributed by atoms with E-state index < -0.39 is 0 Å². The summed E-state index contributed by atoms with van der Waals surface area (Å²) in [6.45, 7) is 3.83. The predicted octanol–water partition coefficient (Wildman–Crippen LogP) is 16.9. The number of benzene rings is 8. The van der Waals surface area contributed by atoms with Gasteiger partial charge < -0.3 is 4.57 Å². The lowest BCUT2D eigenvalue weighted by molar-refractivity contribution is 0.846. The largest absolute Gasteiger partial charge is 0.307 e. The number of nitrogens with zero attached hydrogens (tertiary/aromatic N) is 4. The second-order valence-corrected chi connectivity index (χ2v) is 18.2. The number of thiophene rings is 1. The summed E-state index contributed by atoms with van der Waals surface area (Å²) in [5, 5.41) is 5.00. The molecular formula is C63H44N4S. The lowest BCUT2D eigenvalue weighted by Gasteiger charge is -2.25. The average molecular weight is 889 g/mol. The van der Waals surface area contributed by atoms with Crippen molar-refractivity contribution in [2.75, 3.05) is 0 Å². The molecule has 1 unspecified atom stereocenters. The van der Waals surface area contributed by atoms with E-state index in [0.717, 1.165) is 51.0 Å². The third kappa shape index (κ3) is 7.49. The zero-order chi connectivity index (χ0) is 45.4. The second kappa shape index (κ2) is 17.7. The Kier molecular flexibility index (Phi) is 10.7. The second-order valence-electron chi connectivity index (χ2n) is 17.1. The van der Waals surface area contributed by atoms with Crippen LogP contribution in [0.25, 0.3) is 105 Å². The Morgan fingerprint density at radius 2 is 1.15 bits per heavy atom. The summed E-state index contributed by atoms with van der Waals surface area (Å²) in [6.07, 6.45) is 17.8. The molecule has 0 amide bonds. The molecule has 3 heterocycles. The van der Waals surface area contributed by atoms with E-state index in [9.17, 15) is 0 Å². The number of para-hydroxylation sites is 1. The molecule has 0 radical (unpaired) electrons. The SMILES string of the molecule is C=C/C=C\C=C\c1ccc(-c2cc(-c3nc(-c4ccccc4)nc(-c4ccccc4)n3)cc(C3C=CC(c4ccccc4)=CC3)c2-n2c3ccccc3c3ccc4c5ccccc5sc4c32)cc1. The van der Waals surface area contributed by atoms with Gasteiger partial charge in [0.15, 0.2) is 17.5 Å². The van der Waals surface area contributed by atoms with Crippen molar-refractivity contribution in [1.29, 1.82) is 0 Å². The average Bonchev–Trinajstić information content (AvgIpc) is 3.96. The fourth-order valence-electron chi connectivity index (χ4n) is 9.72. The van der Waals surface area contributed by atoms with E-state index in [-0.39, 0.29) is 5.92 Å². The van der Waals surface area contributed by atoms with Gasteiger partial charge in [-0.05, 0) is 58.5 Å². The fraction of sp³-hybridized carbons (Fsp3) is 0.0317. The maximum absolute atomic E-state index is 5.31. The van der Waals surface area contributed by atoms with Crippen LogP contribution < -0.4 is 0 Å². The van der Waals surface area contributed by atoms with E-state index in [1.165, 1.54) is 53.2 Å². The minimum Gasteiger partial charge on any atom is -0.307 e. The highest BCUT2D eigenvalue weighted by atomic mass is 32.1. The van der Waals surface area contributed by atoms with E-state index in [0.29, 0.717) is 17.5 Å². The van der Waals surface area contributed by atoms with Crippen LogP contribution in [0.15, 0.2) is 237 Å². The van der Waals surface area contributed by atoms with Crippen LogP contribution in [0.3, 0.4) is 0 Å². The van der Waals surface area contributed by atoms with Gasteiger partial charge in [0.05, 0.1) is 21.4 Å². The van der Waals surface area contributed by atoms with Crippen molar-refractivity contribution in [3.8, 4) is 51.0 Å². The molecule has 5 heteroatoms. The van der Waals surface area contributed by atoms with Gasteiger partial charge in [-0.15, -0.1) is 11.3 Å². The molecule has 3 aromatic heterocycles. The Labute approximate surface area is 399 Å². The van der Waals surface area contributed by atoms with Gasteiger partial charge >= 0.3 is 0 Å². The molecule has 8 aromatic carbocycles. The summed E-state index contributed by atoms with van der Waals surface area (Å²) in [5.74, 6) is 1.91. The molecule has 0 N–H and O–H groups in total. The van der Waals surface area contributed by atoms with Gasteiger partial charge in [0.2, 0.25) is 0 Å². The monoisotopic (exact) mass is 888 g/mol. The van der Waals surface area contributed by atoms with Crippen LogP contribution in [0.1, 0.15) is 29.0 Å². The Morgan fingerprint density at radius 1 is 0.529 bits per heavy atom. The molecule has 0 aliphatic heterocycles. The summed E-state index contributed by atoms with van der Waals surface area (Å²) >= 11 is 1.88. The quantitative estimate of drug-likeness (QED) is 0.129. The molecule has 0 spiro atoms. The standard InChI is InChI=1S/C63H44N4S/c1-2-3-4-8-19-42-30-32-45(33-31-42)54-40-49(63-65-61(47-22-11-6-12-23-47)64-62(66-63)48-24-13-7-14-25-48)41-55(46-36-34-44(35-37-46)43-20-9-5-10-21-43)58(54)67-56-28-17-15-26-50(56)52-38-39-53-51-27-16-18-29-57(51)68-60(53)59(52)67/h2-36,38-41,46H,1,37H2/b4-3-,19-8+. The van der Waals surface area contributed by atoms with E-state index >= 15 is 0 Å². The van der Waals surface area contributed by atoms with Crippen molar-refractivity contribution in [3.05, 3.63) is 254 Å². The van der Waals surface area contributed by atoms with Gasteiger partial charge in [-0.3, -0.25) is 0 Å². The van der Waals surface area contributed by atoms with Gasteiger partial charge in [0.25, 0.3) is 0 Å². The lowest BCUT2D eigenvalue weighted by Crippen LogP contribution is -2.09. The minimum atomic E-state index is 0.0249. The summed E-state index contributed by atoms with van der Waals surface area (Å²) in [7, 11) is 0. The first-order chi connectivity index (χ1) is 33.7. The molecule has 4 nitrogen and oxygen atoms in total. The van der Waals surface area contributed by atoms with E-state index in [2.05, 4.69) is 193 Å². The van der Waals surface area contributed by atoms with Crippen LogP contribution in [0.5, 0.6) is 0 Å². The van der Waals surface area contributed by atoms with Crippen molar-refractivity contribution in [2.24, 2.45) is 0 Å². The van der Waals surface area contributed by atoms with Crippen LogP contribution in [0.4, 0.5) is 0 Å². The maximum atomic E-state index is 5.31. The molecule has 0 saturated heterocycles. The number of fused-ring (bicyclic) bond motifs is 7. The molecular weight excluding hydrogens is 845 g/mol. The van der Waals surface area contributed by atoms with Gasteiger partial charge in [0, 0.05) is 54.4 Å². The molecule has 1 aliphatic carbocycles. The number of hydrogen-bond donors (Lipinski definition) is 0. The van der Waals surface area contributed by atoms with E-state index in [1.807, 2.05) is 59.9 Å². The molecule has 322 valence electrons. The first-order valence-electron chi connectivity index (χ1n) is 23.1. The lowest BCUT2D eigenvalue weighted by atomic mass is 9.84. The van der Waals surface area contributed by atoms with E-state index in [1.54, 1.807) is 6.08 Å². The topological polar surface area (TPSA) is 43.6 Å². The van der Waals surface area contributed by atoms with Crippen molar-refractivity contribution in [3.63, 3.8) is 0 Å². The smallest absolute Gasteiger partial charge is 0.164 e. The summed E-state index contributed by atoms with van der Waals surface area (Å²) in [5.41, 5.74) is 13.2. The molecule has 68 heavy (non-hydrogen) atoms. The van der Waals surface area contributed by atoms with Crippen LogP contribution >= 0.6 is 11.3 Å². The minimum absolute atomic E-state index is 0.0249. The van der Waals surface area contributed by atoms with Crippen molar-refractivity contribution in [1.82, 2.24) is 19.5 Å². The zero-order valence-corrected chi connectivity index (χ0v) is 38.0. The third-order valence-corrected chi connectivity index (χ3v) is 14.2. The third-order valence-electron chi connectivity index (χ3n) is 13.0. The highest BCUT2D eigenvalue weighted by Gasteiger charge is 2.27. The number of rotatable bonds is 10. The molecule has 1 aliphatic rings. The zero-order valence-electron chi connectivity index (χ0n) is 37.2. The molecule has 12 rings (SSSR count). The Morgan fingerprint density at radius 3 is 1.82 bits per heavy atom. The number of aromatic nitrogens is 4. The van der Waals surface area contributed by atoms with Crippen LogP contribution in [0, 0.1) is 0 Å². The summed E-state index contributed by atoms with van der Waals surface area (Å²) in [6, 6.07) is 67.1. The normalized spacial score (nSPS) is 13.9. The maximum Gasteiger partial charge on any atom is 0.164 e. The van der Waals surface area contributed by atoms with Gasteiger partial charge in [-0.1, -0.05) is 219 Å². The van der Waals surface area contributed by atoms with Crippen LogP contribution in [0.2, 0.25) is 0 Å². The van der Waals surface area contributed by atoms with Gasteiger partial charge in [-0.2, -0.15) is 0 Å². The summed E-state index contributed by atoms with van der Waals surface area (Å²) < 4.78 is 5.13. The van der Waals surface area contributed by atoms with Crippen molar-refractivity contribution in [2.45, 2.75) is 12.3 Å². The first-order valence-corrected chi connectivity index (χ1v) is 23.9. The number of hydrogen-bond acceptors (Lipinski definition) is 4. The molecule has 0 bridgehead atoms. The number of allylic oxidation sites excluding steroid dienone is 8. The molecule has 0 fully saturated rings. The molecule has 0 saturated carbocycles. The highest BCUT2D eigenvalue weighted by molar-refractivity contribution is 7.26. The van der Waals surface area contributed by atoms with Crippen molar-refractivity contribution < 1.29 is 0 Å². The first kappa shape index (κ1) is 41.0. The summed E-state index contributed by atoms with van der Waals surface area (Å²) in [4.78, 5) is 15.7. The van der Waals surface area contributed by atoms with Crippen molar-refractivity contribution >= 4 is 65.0 Å². The Balaban J connectivity index is 1.18. The van der Waals surface area contributed by atoms with Gasteiger partial charge in [-0.25, -0.2) is 15.0 Å². The van der Waals surface area contributed by atoms with Crippen LogP contribution in [-0.4, -0.2) is 19.5 Å². The van der Waals surface area contributed by atoms with E-state index in [4.69, 9.17) is 15.0 Å². The highest BCUT2D eigenvalue weighted by Crippen LogP contribution is 2.48. The predicted molar refractivity (Wildman–Crippen MR) is 288 cm³/mol. The van der Waals surface area contributed by atoms with Gasteiger partial charge in [0.1, 0.15) is 0 Å².